The topological polar surface area (TPSA) is 146 Å². The van der Waals surface area contributed by atoms with Gasteiger partial charge in [0.2, 0.25) is 5.91 Å². The van der Waals surface area contributed by atoms with E-state index < -0.39 is 17.6 Å². The zero-order valence-electron chi connectivity index (χ0n) is 22.5. The molecule has 7 N–H and O–H groups in total. The number of hydrogen-bond acceptors (Lipinski definition) is 5. The number of hydrogen-bond donors (Lipinski definition) is 5. The molecule has 0 bridgehead atoms. The molecule has 0 radical (unpaired) electrons. The lowest BCUT2D eigenvalue weighted by atomic mass is 9.92. The third-order valence-electron chi connectivity index (χ3n) is 6.79. The first-order chi connectivity index (χ1) is 19.7. The maximum absolute atomic E-state index is 13.3. The zero-order valence-corrected chi connectivity index (χ0v) is 22.5. The summed E-state index contributed by atoms with van der Waals surface area (Å²) in [6.07, 6.45) is 0. The van der Waals surface area contributed by atoms with Gasteiger partial charge in [-0.3, -0.25) is 14.4 Å². The second kappa shape index (κ2) is 11.2. The van der Waals surface area contributed by atoms with E-state index in [9.17, 15) is 18.8 Å². The fourth-order valence-corrected chi connectivity index (χ4v) is 4.98. The monoisotopic (exact) mass is 552 g/mol. The molecule has 3 amide bonds. The van der Waals surface area contributed by atoms with Gasteiger partial charge in [0.1, 0.15) is 5.82 Å². The highest BCUT2D eigenvalue weighted by Crippen LogP contribution is 2.40. The van der Waals surface area contributed by atoms with Crippen LogP contribution in [0.4, 0.5) is 15.8 Å². The highest BCUT2D eigenvalue weighted by molar-refractivity contribution is 6.20. The highest BCUT2D eigenvalue weighted by atomic mass is 19.1. The summed E-state index contributed by atoms with van der Waals surface area (Å²) in [4.78, 5) is 42.7. The molecule has 4 aromatic carbocycles. The molecule has 0 fully saturated rings. The molecule has 0 unspecified atom stereocenters. The van der Waals surface area contributed by atoms with Gasteiger partial charge >= 0.3 is 0 Å². The van der Waals surface area contributed by atoms with Crippen LogP contribution in [0.15, 0.2) is 72.8 Å². The van der Waals surface area contributed by atoms with Crippen molar-refractivity contribution in [2.45, 2.75) is 6.54 Å². The Balaban J connectivity index is 1.63. The SMILES string of the molecule is CN(C)CC(=O)Nc1ccc2c(c1)[nH]c1c(C(N)=O)ccc(-c3cccc(NC(=O)c4ccc(F)cc4)c3CN)c12. The van der Waals surface area contributed by atoms with Crippen LogP contribution in [0.2, 0.25) is 0 Å². The lowest BCUT2D eigenvalue weighted by Crippen LogP contribution is -2.27. The summed E-state index contributed by atoms with van der Waals surface area (Å²) in [5.74, 6) is -1.58. The number of carbonyl (C=O) groups excluding carboxylic acids is 3. The van der Waals surface area contributed by atoms with Gasteiger partial charge in [0.25, 0.3) is 11.8 Å². The summed E-state index contributed by atoms with van der Waals surface area (Å²) in [6.45, 7) is 0.343. The van der Waals surface area contributed by atoms with Crippen molar-refractivity contribution < 1.29 is 18.8 Å². The predicted octanol–water partition coefficient (Wildman–Crippen LogP) is 4.44. The fraction of sp³-hybridized carbons (Fsp3) is 0.129. The number of likely N-dealkylation sites (N-methyl/N-ethyl adjacent to an activating group) is 1. The van der Waals surface area contributed by atoms with Crippen LogP contribution in [-0.2, 0) is 11.3 Å². The van der Waals surface area contributed by atoms with Crippen molar-refractivity contribution in [1.29, 1.82) is 0 Å². The second-order valence-corrected chi connectivity index (χ2v) is 9.94. The number of aromatic amines is 1. The van der Waals surface area contributed by atoms with E-state index in [-0.39, 0.29) is 19.0 Å². The Morgan fingerprint density at radius 3 is 2.37 bits per heavy atom. The minimum atomic E-state index is -0.591. The van der Waals surface area contributed by atoms with Crippen LogP contribution in [0.25, 0.3) is 32.9 Å². The molecule has 0 aliphatic heterocycles. The number of anilines is 2. The average molecular weight is 553 g/mol. The van der Waals surface area contributed by atoms with Crippen LogP contribution in [0.5, 0.6) is 0 Å². The van der Waals surface area contributed by atoms with Gasteiger partial charge in [0.05, 0.1) is 17.6 Å². The predicted molar refractivity (Wildman–Crippen MR) is 159 cm³/mol. The van der Waals surface area contributed by atoms with Crippen molar-refractivity contribution >= 4 is 50.9 Å². The largest absolute Gasteiger partial charge is 0.366 e. The summed E-state index contributed by atoms with van der Waals surface area (Å²) >= 11 is 0. The van der Waals surface area contributed by atoms with E-state index in [1.54, 1.807) is 35.2 Å². The van der Waals surface area contributed by atoms with Crippen LogP contribution in [0.3, 0.4) is 0 Å². The van der Waals surface area contributed by atoms with Gasteiger partial charge in [-0.25, -0.2) is 4.39 Å². The van der Waals surface area contributed by atoms with E-state index in [0.717, 1.165) is 21.9 Å². The number of carbonyl (C=O) groups is 3. The molecule has 208 valence electrons. The van der Waals surface area contributed by atoms with E-state index in [0.29, 0.717) is 39.1 Å². The Hall–Kier alpha value is -5.06. The van der Waals surface area contributed by atoms with Gasteiger partial charge in [-0.05, 0) is 79.3 Å². The first kappa shape index (κ1) is 27.5. The quantitative estimate of drug-likeness (QED) is 0.193. The molecule has 0 aliphatic carbocycles. The van der Waals surface area contributed by atoms with E-state index >= 15 is 0 Å². The molecule has 0 atom stereocenters. The van der Waals surface area contributed by atoms with Crippen LogP contribution in [0, 0.1) is 5.82 Å². The number of H-pyrrole nitrogens is 1. The van der Waals surface area contributed by atoms with E-state index in [4.69, 9.17) is 11.5 Å². The molecular weight excluding hydrogens is 523 g/mol. The number of fused-ring (bicyclic) bond motifs is 3. The lowest BCUT2D eigenvalue weighted by Gasteiger charge is -2.16. The zero-order chi connectivity index (χ0) is 29.3. The molecule has 1 heterocycles. The third kappa shape index (κ3) is 5.51. The van der Waals surface area contributed by atoms with Crippen molar-refractivity contribution in [3.63, 3.8) is 0 Å². The number of halogens is 1. The Bertz CT molecular complexity index is 1810. The fourth-order valence-electron chi connectivity index (χ4n) is 4.98. The summed E-state index contributed by atoms with van der Waals surface area (Å²) in [5, 5.41) is 7.33. The Morgan fingerprint density at radius 1 is 0.927 bits per heavy atom. The molecule has 1 aromatic heterocycles. The molecule has 0 aliphatic rings. The highest BCUT2D eigenvalue weighted by Gasteiger charge is 2.20. The van der Waals surface area contributed by atoms with E-state index in [1.165, 1.54) is 24.3 Å². The number of amides is 3. The minimum absolute atomic E-state index is 0.110. The Morgan fingerprint density at radius 2 is 1.68 bits per heavy atom. The van der Waals surface area contributed by atoms with E-state index in [2.05, 4.69) is 15.6 Å². The van der Waals surface area contributed by atoms with Crippen molar-refractivity contribution in [2.24, 2.45) is 11.5 Å². The molecule has 0 saturated heterocycles. The standard InChI is InChI=1S/C31H29FN6O3/c1-38(2)16-27(39)35-19-10-11-22-26(14-19)36-29-23(30(34)40)13-12-21(28(22)29)20-4-3-5-25(24(20)15-33)37-31(41)17-6-8-18(32)9-7-17/h3-14,36H,15-16,33H2,1-2H3,(H2,34,40)(H,35,39)(H,37,41). The summed E-state index contributed by atoms with van der Waals surface area (Å²) in [6, 6.07) is 19.6. The number of nitrogens with two attached hydrogens (primary N) is 2. The number of nitrogens with one attached hydrogen (secondary N) is 3. The van der Waals surface area contributed by atoms with Crippen molar-refractivity contribution in [2.75, 3.05) is 31.3 Å². The Kier molecular flexibility index (Phi) is 7.52. The average Bonchev–Trinajstić information content (AvgIpc) is 3.31. The van der Waals surface area contributed by atoms with Gasteiger partial charge in [-0.1, -0.05) is 24.3 Å². The maximum Gasteiger partial charge on any atom is 0.255 e. The lowest BCUT2D eigenvalue weighted by molar-refractivity contribution is -0.116. The van der Waals surface area contributed by atoms with Crippen LogP contribution < -0.4 is 22.1 Å². The molecule has 5 aromatic rings. The molecule has 10 heteroatoms. The molecule has 0 saturated carbocycles. The third-order valence-corrected chi connectivity index (χ3v) is 6.79. The summed E-state index contributed by atoms with van der Waals surface area (Å²) in [5.41, 5.74) is 17.1. The smallest absolute Gasteiger partial charge is 0.255 e. The molecule has 5 rings (SSSR count). The second-order valence-electron chi connectivity index (χ2n) is 9.94. The van der Waals surface area contributed by atoms with E-state index in [1.807, 2.05) is 32.3 Å². The van der Waals surface area contributed by atoms with Crippen molar-refractivity contribution in [1.82, 2.24) is 9.88 Å². The number of primary amides is 1. The number of nitrogens with zero attached hydrogens (tertiary/aromatic N) is 1. The summed E-state index contributed by atoms with van der Waals surface area (Å²) < 4.78 is 13.3. The van der Waals surface area contributed by atoms with Gasteiger partial charge in [-0.15, -0.1) is 0 Å². The summed E-state index contributed by atoms with van der Waals surface area (Å²) in [7, 11) is 3.62. The molecular formula is C31H29FN6O3. The van der Waals surface area contributed by atoms with Gasteiger partial charge < -0.3 is 32.0 Å². The number of benzene rings is 4. The van der Waals surface area contributed by atoms with Crippen LogP contribution >= 0.6 is 0 Å². The number of rotatable bonds is 8. The maximum atomic E-state index is 13.3. The van der Waals surface area contributed by atoms with Crippen molar-refractivity contribution in [3.8, 4) is 11.1 Å². The molecule has 0 spiro atoms. The number of aromatic nitrogens is 1. The first-order valence-corrected chi connectivity index (χ1v) is 12.9. The van der Waals surface area contributed by atoms with Gasteiger partial charge in [-0.2, -0.15) is 0 Å². The van der Waals surface area contributed by atoms with Crippen LogP contribution in [-0.4, -0.2) is 48.2 Å². The Labute approximate surface area is 235 Å². The molecule has 41 heavy (non-hydrogen) atoms. The minimum Gasteiger partial charge on any atom is -0.366 e. The first-order valence-electron chi connectivity index (χ1n) is 12.9. The molecule has 9 nitrogen and oxygen atoms in total. The van der Waals surface area contributed by atoms with Crippen LogP contribution in [0.1, 0.15) is 26.3 Å². The van der Waals surface area contributed by atoms with Gasteiger partial charge in [0.15, 0.2) is 0 Å². The van der Waals surface area contributed by atoms with Gasteiger partial charge in [0, 0.05) is 39.8 Å². The normalized spacial score (nSPS) is 11.2. The van der Waals surface area contributed by atoms with Crippen molar-refractivity contribution in [3.05, 3.63) is 95.3 Å².